The topological polar surface area (TPSA) is 79.9 Å². The van der Waals surface area contributed by atoms with Crippen LogP contribution in [0.15, 0.2) is 18.3 Å². The number of anilines is 1. The molecule has 2 N–H and O–H groups in total. The van der Waals surface area contributed by atoms with Crippen molar-refractivity contribution in [2.45, 2.75) is 57.7 Å². The fourth-order valence-corrected chi connectivity index (χ4v) is 2.85. The van der Waals surface area contributed by atoms with Gasteiger partial charge in [-0.1, -0.05) is 25.7 Å². The Hall–Kier alpha value is -1.95. The smallest absolute Gasteiger partial charge is 0.255 e. The van der Waals surface area contributed by atoms with Gasteiger partial charge >= 0.3 is 0 Å². The predicted octanol–water partition coefficient (Wildman–Crippen LogP) is 3.02. The van der Waals surface area contributed by atoms with Crippen LogP contribution in [0.25, 0.3) is 11.2 Å². The Balaban J connectivity index is 1.58. The SMILES string of the molecule is C[C@H](OC1CCCCCC1)C(=O)Nc1nc2ncccc2[nH]1. The molecule has 3 rings (SSSR count). The number of hydrogen-bond donors (Lipinski definition) is 2. The summed E-state index contributed by atoms with van der Waals surface area (Å²) in [5.41, 5.74) is 1.39. The molecule has 1 aliphatic rings. The Labute approximate surface area is 129 Å². The second-order valence-electron chi connectivity index (χ2n) is 5.84. The van der Waals surface area contributed by atoms with Crippen LogP contribution in [0.5, 0.6) is 0 Å². The summed E-state index contributed by atoms with van der Waals surface area (Å²) in [7, 11) is 0. The number of aromatic nitrogens is 3. The molecule has 2 heterocycles. The monoisotopic (exact) mass is 302 g/mol. The lowest BCUT2D eigenvalue weighted by Gasteiger charge is -2.20. The second-order valence-corrected chi connectivity index (χ2v) is 5.84. The molecule has 0 aromatic carbocycles. The molecule has 1 amide bonds. The van der Waals surface area contributed by atoms with Gasteiger partial charge in [0.15, 0.2) is 5.65 Å². The summed E-state index contributed by atoms with van der Waals surface area (Å²) in [5, 5.41) is 2.77. The number of hydrogen-bond acceptors (Lipinski definition) is 4. The highest BCUT2D eigenvalue weighted by molar-refractivity contribution is 5.93. The summed E-state index contributed by atoms with van der Waals surface area (Å²) >= 11 is 0. The van der Waals surface area contributed by atoms with Crippen LogP contribution < -0.4 is 5.32 Å². The largest absolute Gasteiger partial charge is 0.365 e. The van der Waals surface area contributed by atoms with Crippen molar-refractivity contribution >= 4 is 23.0 Å². The summed E-state index contributed by atoms with van der Waals surface area (Å²) in [6.45, 7) is 1.79. The van der Waals surface area contributed by atoms with Crippen LogP contribution in [-0.2, 0) is 9.53 Å². The molecular formula is C16H22N4O2. The lowest BCUT2D eigenvalue weighted by Crippen LogP contribution is -2.31. The molecular weight excluding hydrogens is 280 g/mol. The molecule has 1 aliphatic carbocycles. The third-order valence-corrected chi connectivity index (χ3v) is 4.07. The normalized spacial score (nSPS) is 18.0. The van der Waals surface area contributed by atoms with Gasteiger partial charge in [0, 0.05) is 6.20 Å². The number of carbonyl (C=O) groups excluding carboxylic acids is 1. The number of H-pyrrole nitrogens is 1. The molecule has 0 unspecified atom stereocenters. The van der Waals surface area contributed by atoms with E-state index in [2.05, 4.69) is 20.3 Å². The Bertz CT molecular complexity index is 599. The first kappa shape index (κ1) is 15.0. The standard InChI is InChI=1S/C16H22N4O2/c1-11(22-12-7-4-2-3-5-8-12)15(21)20-16-18-13-9-6-10-17-14(13)19-16/h6,9-12H,2-5,7-8H2,1H3,(H2,17,18,19,20,21)/t11-/m0/s1. The van der Waals surface area contributed by atoms with Gasteiger partial charge in [-0.05, 0) is 31.9 Å². The quantitative estimate of drug-likeness (QED) is 0.851. The van der Waals surface area contributed by atoms with E-state index in [1.165, 1.54) is 25.7 Å². The van der Waals surface area contributed by atoms with Gasteiger partial charge in [0.05, 0.1) is 11.6 Å². The van der Waals surface area contributed by atoms with Gasteiger partial charge < -0.3 is 9.72 Å². The van der Waals surface area contributed by atoms with Gasteiger partial charge in [0.1, 0.15) is 6.10 Å². The first-order chi connectivity index (χ1) is 10.7. The number of pyridine rings is 1. The summed E-state index contributed by atoms with van der Waals surface area (Å²) in [5.74, 6) is 0.235. The maximum Gasteiger partial charge on any atom is 0.255 e. The molecule has 0 radical (unpaired) electrons. The van der Waals surface area contributed by atoms with E-state index in [-0.39, 0.29) is 12.0 Å². The van der Waals surface area contributed by atoms with Crippen LogP contribution in [-0.4, -0.2) is 33.1 Å². The lowest BCUT2D eigenvalue weighted by molar-refractivity contribution is -0.130. The molecule has 22 heavy (non-hydrogen) atoms. The zero-order chi connectivity index (χ0) is 15.4. The van der Waals surface area contributed by atoms with Gasteiger partial charge in [-0.25, -0.2) is 4.98 Å². The Morgan fingerprint density at radius 1 is 1.36 bits per heavy atom. The molecule has 1 saturated carbocycles. The van der Waals surface area contributed by atoms with Crippen LogP contribution in [0.2, 0.25) is 0 Å². The minimum absolute atomic E-state index is 0.177. The minimum Gasteiger partial charge on any atom is -0.365 e. The molecule has 0 spiro atoms. The number of rotatable bonds is 4. The molecule has 0 bridgehead atoms. The Kier molecular flexibility index (Phi) is 4.68. The van der Waals surface area contributed by atoms with Crippen LogP contribution in [0, 0.1) is 0 Å². The summed E-state index contributed by atoms with van der Waals surface area (Å²) < 4.78 is 5.91. The van der Waals surface area contributed by atoms with Crippen molar-refractivity contribution in [2.75, 3.05) is 5.32 Å². The number of ether oxygens (including phenoxy) is 1. The molecule has 6 heteroatoms. The fourth-order valence-electron chi connectivity index (χ4n) is 2.85. The van der Waals surface area contributed by atoms with E-state index in [1.54, 1.807) is 13.1 Å². The van der Waals surface area contributed by atoms with E-state index in [4.69, 9.17) is 4.74 Å². The number of aromatic amines is 1. The number of fused-ring (bicyclic) bond motifs is 1. The minimum atomic E-state index is -0.482. The average molecular weight is 302 g/mol. The molecule has 2 aromatic rings. The zero-order valence-corrected chi connectivity index (χ0v) is 12.8. The van der Waals surface area contributed by atoms with Crippen molar-refractivity contribution in [2.24, 2.45) is 0 Å². The van der Waals surface area contributed by atoms with Crippen molar-refractivity contribution in [3.8, 4) is 0 Å². The van der Waals surface area contributed by atoms with Crippen LogP contribution >= 0.6 is 0 Å². The first-order valence-electron chi connectivity index (χ1n) is 7.99. The molecule has 6 nitrogen and oxygen atoms in total. The van der Waals surface area contributed by atoms with E-state index in [1.807, 2.05) is 12.1 Å². The number of carbonyl (C=O) groups is 1. The van der Waals surface area contributed by atoms with Crippen LogP contribution in [0.1, 0.15) is 45.4 Å². The second kappa shape index (κ2) is 6.87. The third kappa shape index (κ3) is 3.62. The number of nitrogens with one attached hydrogen (secondary N) is 2. The number of imidazole rings is 1. The van der Waals surface area contributed by atoms with Gasteiger partial charge in [0.25, 0.3) is 5.91 Å². The summed E-state index contributed by atoms with van der Waals surface area (Å²) in [4.78, 5) is 23.6. The maximum atomic E-state index is 12.2. The van der Waals surface area contributed by atoms with E-state index >= 15 is 0 Å². The van der Waals surface area contributed by atoms with Crippen LogP contribution in [0.3, 0.4) is 0 Å². The first-order valence-corrected chi connectivity index (χ1v) is 7.99. The molecule has 0 saturated heterocycles. The maximum absolute atomic E-state index is 12.2. The summed E-state index contributed by atoms with van der Waals surface area (Å²) in [6.07, 6.45) is 8.40. The predicted molar refractivity (Wildman–Crippen MR) is 84.6 cm³/mol. The highest BCUT2D eigenvalue weighted by Crippen LogP contribution is 2.21. The molecule has 2 aromatic heterocycles. The van der Waals surface area contributed by atoms with Gasteiger partial charge in [-0.15, -0.1) is 0 Å². The lowest BCUT2D eigenvalue weighted by atomic mass is 10.1. The highest BCUT2D eigenvalue weighted by atomic mass is 16.5. The Morgan fingerprint density at radius 2 is 2.14 bits per heavy atom. The van der Waals surface area contributed by atoms with E-state index in [9.17, 15) is 4.79 Å². The van der Waals surface area contributed by atoms with Crippen molar-refractivity contribution in [1.82, 2.24) is 15.0 Å². The molecule has 118 valence electrons. The molecule has 1 atom stereocenters. The van der Waals surface area contributed by atoms with Crippen molar-refractivity contribution in [1.29, 1.82) is 0 Å². The third-order valence-electron chi connectivity index (χ3n) is 4.07. The number of amides is 1. The zero-order valence-electron chi connectivity index (χ0n) is 12.8. The van der Waals surface area contributed by atoms with Gasteiger partial charge in [0.2, 0.25) is 5.95 Å². The van der Waals surface area contributed by atoms with Crippen molar-refractivity contribution in [3.63, 3.8) is 0 Å². The van der Waals surface area contributed by atoms with Gasteiger partial charge in [-0.3, -0.25) is 10.1 Å². The van der Waals surface area contributed by atoms with E-state index in [0.29, 0.717) is 11.6 Å². The fraction of sp³-hybridized carbons (Fsp3) is 0.562. The Morgan fingerprint density at radius 3 is 2.86 bits per heavy atom. The highest BCUT2D eigenvalue weighted by Gasteiger charge is 2.21. The molecule has 0 aliphatic heterocycles. The van der Waals surface area contributed by atoms with E-state index < -0.39 is 6.10 Å². The average Bonchev–Trinajstić information content (AvgIpc) is 2.74. The van der Waals surface area contributed by atoms with Crippen molar-refractivity contribution in [3.05, 3.63) is 18.3 Å². The van der Waals surface area contributed by atoms with Crippen molar-refractivity contribution < 1.29 is 9.53 Å². The number of nitrogens with zero attached hydrogens (tertiary/aromatic N) is 2. The van der Waals surface area contributed by atoms with Gasteiger partial charge in [-0.2, -0.15) is 4.98 Å². The molecule has 1 fully saturated rings. The summed E-state index contributed by atoms with van der Waals surface area (Å²) in [6, 6.07) is 3.69. The van der Waals surface area contributed by atoms with Crippen LogP contribution in [0.4, 0.5) is 5.95 Å². The van der Waals surface area contributed by atoms with E-state index in [0.717, 1.165) is 18.4 Å².